The van der Waals surface area contributed by atoms with Gasteiger partial charge in [-0.25, -0.2) is 4.79 Å². The topological polar surface area (TPSA) is 111 Å². The third-order valence-electron chi connectivity index (χ3n) is 2.38. The van der Waals surface area contributed by atoms with Crippen LogP contribution in [0.2, 0.25) is 0 Å². The highest BCUT2D eigenvalue weighted by atomic mass is 32.2. The maximum absolute atomic E-state index is 11.6. The minimum atomic E-state index is -1.11. The zero-order valence-corrected chi connectivity index (χ0v) is 13.0. The third kappa shape index (κ3) is 6.00. The molecule has 0 aliphatic heterocycles. The molecule has 0 aliphatic rings. The summed E-state index contributed by atoms with van der Waals surface area (Å²) in [4.78, 5) is 34.4. The second-order valence-corrected chi connectivity index (χ2v) is 5.13. The van der Waals surface area contributed by atoms with Crippen molar-refractivity contribution in [2.75, 3.05) is 12.3 Å². The van der Waals surface area contributed by atoms with Crippen LogP contribution in [0, 0.1) is 5.21 Å². The van der Waals surface area contributed by atoms with Gasteiger partial charge in [-0.15, -0.1) is 0 Å². The molecule has 0 saturated carbocycles. The summed E-state index contributed by atoms with van der Waals surface area (Å²) in [6, 6.07) is 4.16. The number of nitrogens with zero attached hydrogens (tertiary/aromatic N) is 1. The van der Waals surface area contributed by atoms with Crippen molar-refractivity contribution in [1.29, 1.82) is 0 Å². The molecule has 120 valence electrons. The van der Waals surface area contributed by atoms with Crippen LogP contribution >= 0.6 is 11.8 Å². The number of ether oxygens (including phenoxy) is 1. The lowest BCUT2D eigenvalue weighted by Gasteiger charge is -2.12. The molecule has 1 aromatic heterocycles. The fourth-order valence-corrected chi connectivity index (χ4v) is 2.06. The minimum absolute atomic E-state index is 0.120. The molecule has 0 fully saturated rings. The molecule has 1 unspecified atom stereocenters. The molecule has 0 radical (unpaired) electrons. The van der Waals surface area contributed by atoms with Gasteiger partial charge in [0.2, 0.25) is 0 Å². The Labute approximate surface area is 131 Å². The monoisotopic (exact) mass is 327 g/mol. The highest BCUT2D eigenvalue weighted by Crippen LogP contribution is 2.13. The normalized spacial score (nSPS) is 11.4. The number of hydrogen-bond acceptors (Lipinski definition) is 6. The average molecular weight is 327 g/mol. The van der Waals surface area contributed by atoms with Gasteiger partial charge in [0.15, 0.2) is 12.3 Å². The number of esters is 1. The molecule has 0 spiro atoms. The first kappa shape index (κ1) is 17.8. The van der Waals surface area contributed by atoms with E-state index in [2.05, 4.69) is 5.32 Å². The zero-order valence-electron chi connectivity index (χ0n) is 12.2. The molecule has 9 heteroatoms. The first-order chi connectivity index (χ1) is 10.4. The molecule has 1 atom stereocenters. The van der Waals surface area contributed by atoms with Crippen molar-refractivity contribution >= 4 is 29.7 Å². The maximum Gasteiger partial charge on any atom is 0.321 e. The smallest absolute Gasteiger partial charge is 0.321 e. The Morgan fingerprint density at radius 1 is 1.41 bits per heavy atom. The van der Waals surface area contributed by atoms with Gasteiger partial charge in [-0.2, -0.15) is 4.73 Å². The van der Waals surface area contributed by atoms with Gasteiger partial charge >= 0.3 is 12.0 Å². The minimum Gasteiger partial charge on any atom is -0.618 e. The number of carbonyl (C=O) groups excluding carboxylic acids is 3. The number of thioether (sulfide) groups is 1. The van der Waals surface area contributed by atoms with Crippen LogP contribution in [0.15, 0.2) is 29.4 Å². The Bertz CT molecular complexity index is 552. The summed E-state index contributed by atoms with van der Waals surface area (Å²) in [7, 11) is 0. The second-order valence-electron chi connectivity index (χ2n) is 4.13. The number of hydrogen-bond donors (Lipinski definition) is 2. The van der Waals surface area contributed by atoms with Crippen molar-refractivity contribution in [3.8, 4) is 0 Å². The van der Waals surface area contributed by atoms with Crippen molar-refractivity contribution < 1.29 is 23.9 Å². The van der Waals surface area contributed by atoms with Crippen LogP contribution in [-0.2, 0) is 14.3 Å². The number of aromatic nitrogens is 1. The Hall–Kier alpha value is -2.29. The average Bonchev–Trinajstić information content (AvgIpc) is 2.46. The highest BCUT2D eigenvalue weighted by molar-refractivity contribution is 7.99. The molecular weight excluding hydrogens is 310 g/mol. The molecule has 0 aromatic carbocycles. The van der Waals surface area contributed by atoms with E-state index in [1.165, 1.54) is 13.1 Å². The van der Waals surface area contributed by atoms with Crippen LogP contribution in [0.25, 0.3) is 0 Å². The summed E-state index contributed by atoms with van der Waals surface area (Å²) >= 11 is 0.996. The van der Waals surface area contributed by atoms with Gasteiger partial charge in [-0.05, 0) is 31.7 Å². The second kappa shape index (κ2) is 8.88. The molecule has 1 heterocycles. The van der Waals surface area contributed by atoms with E-state index in [0.29, 0.717) is 16.3 Å². The van der Waals surface area contributed by atoms with Crippen molar-refractivity contribution in [2.24, 2.45) is 0 Å². The molecule has 1 rings (SSSR count). The molecule has 0 aliphatic carbocycles. The van der Waals surface area contributed by atoms with E-state index < -0.39 is 24.0 Å². The van der Waals surface area contributed by atoms with Crippen molar-refractivity contribution in [2.45, 2.75) is 25.0 Å². The van der Waals surface area contributed by atoms with Gasteiger partial charge in [-0.1, -0.05) is 0 Å². The molecule has 22 heavy (non-hydrogen) atoms. The quantitative estimate of drug-likeness (QED) is 0.334. The summed E-state index contributed by atoms with van der Waals surface area (Å²) in [6.07, 6.45) is 0.210. The Morgan fingerprint density at radius 2 is 2.14 bits per heavy atom. The van der Waals surface area contributed by atoms with Crippen LogP contribution < -0.4 is 15.4 Å². The third-order valence-corrected chi connectivity index (χ3v) is 3.37. The largest absolute Gasteiger partial charge is 0.618 e. The predicted octanol–water partition coefficient (Wildman–Crippen LogP) is 0.190. The van der Waals surface area contributed by atoms with E-state index >= 15 is 0 Å². The molecular formula is C13H17N3O5S. The Balaban J connectivity index is 2.39. The molecule has 0 bridgehead atoms. The van der Waals surface area contributed by atoms with Crippen molar-refractivity contribution in [3.05, 3.63) is 29.6 Å². The fourth-order valence-electron chi connectivity index (χ4n) is 1.36. The van der Waals surface area contributed by atoms with Gasteiger partial charge in [0.25, 0.3) is 10.9 Å². The van der Waals surface area contributed by atoms with Crippen LogP contribution in [-0.4, -0.2) is 36.3 Å². The molecule has 3 amide bonds. The van der Waals surface area contributed by atoms with Crippen LogP contribution in [0.4, 0.5) is 4.79 Å². The predicted molar refractivity (Wildman–Crippen MR) is 78.9 cm³/mol. The number of urea groups is 1. The summed E-state index contributed by atoms with van der Waals surface area (Å²) < 4.78 is 5.52. The molecule has 0 saturated heterocycles. The number of rotatable bonds is 6. The first-order valence-electron chi connectivity index (χ1n) is 6.53. The highest BCUT2D eigenvalue weighted by Gasteiger charge is 2.20. The van der Waals surface area contributed by atoms with E-state index in [1.54, 1.807) is 25.1 Å². The number of amides is 3. The summed E-state index contributed by atoms with van der Waals surface area (Å²) in [5.74, 6) is -1.50. The molecule has 2 N–H and O–H groups in total. The lowest BCUT2D eigenvalue weighted by molar-refractivity contribution is -0.645. The summed E-state index contributed by atoms with van der Waals surface area (Å²) in [5, 5.41) is 16.2. The lowest BCUT2D eigenvalue weighted by atomic mass is 10.4. The SMILES string of the molecule is CCNC(=O)NC(=O)C(C)OC(=O)CSc1cccc[n+]1[O-]. The van der Waals surface area contributed by atoms with Gasteiger partial charge < -0.3 is 15.3 Å². The number of nitrogens with one attached hydrogen (secondary N) is 2. The van der Waals surface area contributed by atoms with Gasteiger partial charge in [0.05, 0.1) is 0 Å². The molecule has 8 nitrogen and oxygen atoms in total. The summed E-state index contributed by atoms with van der Waals surface area (Å²) in [5.41, 5.74) is 0. The van der Waals surface area contributed by atoms with E-state index in [0.717, 1.165) is 11.8 Å². The van der Waals surface area contributed by atoms with Gasteiger partial charge in [0, 0.05) is 18.7 Å². The van der Waals surface area contributed by atoms with Gasteiger partial charge in [0.1, 0.15) is 5.75 Å². The Kier molecular flexibility index (Phi) is 7.17. The van der Waals surface area contributed by atoms with E-state index in [-0.39, 0.29) is 5.75 Å². The maximum atomic E-state index is 11.6. The van der Waals surface area contributed by atoms with Gasteiger partial charge in [-0.3, -0.25) is 14.9 Å². The number of imide groups is 1. The zero-order chi connectivity index (χ0) is 16.5. The number of carbonyl (C=O) groups is 3. The molecule has 1 aromatic rings. The fraction of sp³-hybridized carbons (Fsp3) is 0.385. The van der Waals surface area contributed by atoms with Crippen LogP contribution in [0.3, 0.4) is 0 Å². The lowest BCUT2D eigenvalue weighted by Crippen LogP contribution is -2.44. The van der Waals surface area contributed by atoms with Crippen LogP contribution in [0.5, 0.6) is 0 Å². The van der Waals surface area contributed by atoms with E-state index in [9.17, 15) is 19.6 Å². The van der Waals surface area contributed by atoms with Crippen molar-refractivity contribution in [1.82, 2.24) is 10.6 Å². The van der Waals surface area contributed by atoms with E-state index in [1.807, 2.05) is 5.32 Å². The van der Waals surface area contributed by atoms with Crippen LogP contribution in [0.1, 0.15) is 13.8 Å². The first-order valence-corrected chi connectivity index (χ1v) is 7.51. The summed E-state index contributed by atoms with van der Waals surface area (Å²) in [6.45, 7) is 3.43. The standard InChI is InChI=1S/C13H17N3O5S/c1-3-14-13(19)15-12(18)9(2)21-11(17)8-22-10-6-4-5-7-16(10)20/h4-7,9H,3,8H2,1-2H3,(H2,14,15,18,19). The Morgan fingerprint density at radius 3 is 2.77 bits per heavy atom. The number of pyridine rings is 1. The van der Waals surface area contributed by atoms with E-state index in [4.69, 9.17) is 4.74 Å². The van der Waals surface area contributed by atoms with Crippen molar-refractivity contribution in [3.63, 3.8) is 0 Å².